The van der Waals surface area contributed by atoms with Crippen molar-refractivity contribution in [1.29, 1.82) is 0 Å². The van der Waals surface area contributed by atoms with Gasteiger partial charge in [0.05, 0.1) is 0 Å². The fourth-order valence-corrected chi connectivity index (χ4v) is 16.1. The average molecular weight is 445 g/mol. The molecule has 0 radical (unpaired) electrons. The molecule has 0 aromatic carbocycles. The molecular formula is C23H56N4Si2. The van der Waals surface area contributed by atoms with Crippen molar-refractivity contribution in [3.8, 4) is 0 Å². The second-order valence-electron chi connectivity index (χ2n) is 12.3. The van der Waals surface area contributed by atoms with E-state index in [0.29, 0.717) is 24.2 Å². The molecule has 0 aliphatic carbocycles. The highest BCUT2D eigenvalue weighted by atomic mass is 28.3. The molecule has 0 aliphatic heterocycles. The first-order chi connectivity index (χ1) is 12.8. The Morgan fingerprint density at radius 1 is 0.724 bits per heavy atom. The first-order valence-electron chi connectivity index (χ1n) is 11.9. The molecule has 0 aromatic rings. The summed E-state index contributed by atoms with van der Waals surface area (Å²) >= 11 is 0. The van der Waals surface area contributed by atoms with Crippen LogP contribution in [0.1, 0.15) is 96.9 Å². The minimum Gasteiger partial charge on any atom is -0.323 e. The molecule has 0 rings (SSSR count). The topological polar surface area (TPSA) is 30.5 Å². The van der Waals surface area contributed by atoms with E-state index in [1.807, 2.05) is 0 Å². The average Bonchev–Trinajstić information content (AvgIpc) is 2.39. The molecule has 29 heavy (non-hydrogen) atoms. The highest BCUT2D eigenvalue weighted by molar-refractivity contribution is 6.75. The van der Waals surface area contributed by atoms with Gasteiger partial charge >= 0.3 is 0 Å². The van der Waals surface area contributed by atoms with Gasteiger partial charge in [0.2, 0.25) is 8.40 Å². The molecule has 0 aliphatic rings. The maximum absolute atomic E-state index is 4.15. The summed E-state index contributed by atoms with van der Waals surface area (Å²) in [6.45, 7) is 35.4. The molecule has 2 atom stereocenters. The SMILES string of the molecule is CC(C)N(C(C)C)[SiH](CC[Si](C)(NC(C)(C)C)N(C(C)C)C(C)C)NC(C)(C)C. The molecule has 2 unspecified atom stereocenters. The van der Waals surface area contributed by atoms with Gasteiger partial charge in [0.25, 0.3) is 0 Å². The zero-order chi connectivity index (χ0) is 23.4. The van der Waals surface area contributed by atoms with E-state index in [0.717, 1.165) is 0 Å². The van der Waals surface area contributed by atoms with Gasteiger partial charge in [-0.05, 0) is 84.3 Å². The Morgan fingerprint density at radius 3 is 1.41 bits per heavy atom. The van der Waals surface area contributed by atoms with Crippen molar-refractivity contribution >= 4 is 17.5 Å². The highest BCUT2D eigenvalue weighted by Crippen LogP contribution is 2.26. The van der Waals surface area contributed by atoms with Crippen LogP contribution in [0.4, 0.5) is 0 Å². The Balaban J connectivity index is 5.93. The summed E-state index contributed by atoms with van der Waals surface area (Å²) < 4.78 is 5.61. The summed E-state index contributed by atoms with van der Waals surface area (Å²) in [5.41, 5.74) is 0.289. The lowest BCUT2D eigenvalue weighted by atomic mass is 10.1. The third kappa shape index (κ3) is 10.4. The van der Waals surface area contributed by atoms with Crippen molar-refractivity contribution in [2.24, 2.45) is 0 Å². The van der Waals surface area contributed by atoms with Crippen LogP contribution in [0.25, 0.3) is 0 Å². The van der Waals surface area contributed by atoms with E-state index in [1.54, 1.807) is 0 Å². The quantitative estimate of drug-likeness (QED) is 0.424. The maximum Gasteiger partial charge on any atom is 0.201 e. The molecule has 0 saturated carbocycles. The van der Waals surface area contributed by atoms with Crippen LogP contribution in [-0.2, 0) is 0 Å². The van der Waals surface area contributed by atoms with Crippen molar-refractivity contribution in [2.75, 3.05) is 0 Å². The number of nitrogens with one attached hydrogen (secondary N) is 2. The number of hydrogen-bond acceptors (Lipinski definition) is 4. The van der Waals surface area contributed by atoms with Crippen LogP contribution >= 0.6 is 0 Å². The molecule has 2 N–H and O–H groups in total. The van der Waals surface area contributed by atoms with E-state index in [9.17, 15) is 0 Å². The van der Waals surface area contributed by atoms with Crippen LogP contribution in [-0.4, -0.2) is 61.9 Å². The Bertz CT molecular complexity index is 450. The van der Waals surface area contributed by atoms with E-state index >= 15 is 0 Å². The predicted octanol–water partition coefficient (Wildman–Crippen LogP) is 5.29. The van der Waals surface area contributed by atoms with Gasteiger partial charge in [-0.1, -0.05) is 55.4 Å². The zero-order valence-electron chi connectivity index (χ0n) is 22.7. The minimum absolute atomic E-state index is 0.132. The lowest BCUT2D eigenvalue weighted by Gasteiger charge is -2.49. The van der Waals surface area contributed by atoms with E-state index in [2.05, 4.69) is 123 Å². The van der Waals surface area contributed by atoms with Gasteiger partial charge in [-0.15, -0.1) is 0 Å². The largest absolute Gasteiger partial charge is 0.323 e. The molecule has 0 spiro atoms. The second-order valence-corrected chi connectivity index (χ2v) is 18.6. The van der Waals surface area contributed by atoms with Crippen molar-refractivity contribution in [3.05, 3.63) is 0 Å². The predicted molar refractivity (Wildman–Crippen MR) is 138 cm³/mol. The molecule has 0 bridgehead atoms. The van der Waals surface area contributed by atoms with Crippen molar-refractivity contribution in [1.82, 2.24) is 19.1 Å². The smallest absolute Gasteiger partial charge is 0.201 e. The van der Waals surface area contributed by atoms with Crippen LogP contribution in [0, 0.1) is 0 Å². The first kappa shape index (κ1) is 29.3. The van der Waals surface area contributed by atoms with Crippen LogP contribution in [0.15, 0.2) is 0 Å². The van der Waals surface area contributed by atoms with Crippen molar-refractivity contribution < 1.29 is 0 Å². The van der Waals surface area contributed by atoms with E-state index in [1.165, 1.54) is 12.1 Å². The summed E-state index contributed by atoms with van der Waals surface area (Å²) in [6, 6.07) is 4.87. The van der Waals surface area contributed by atoms with Crippen LogP contribution < -0.4 is 9.96 Å². The van der Waals surface area contributed by atoms with Crippen LogP contribution in [0.5, 0.6) is 0 Å². The highest BCUT2D eigenvalue weighted by Gasteiger charge is 2.42. The summed E-state index contributed by atoms with van der Waals surface area (Å²) in [4.78, 5) is 8.24. The fourth-order valence-electron chi connectivity index (χ4n) is 5.33. The van der Waals surface area contributed by atoms with Gasteiger partial charge in [0.15, 0.2) is 9.12 Å². The fraction of sp³-hybridized carbons (Fsp3) is 1.00. The summed E-state index contributed by atoms with van der Waals surface area (Å²) in [7, 11) is -3.15. The maximum atomic E-state index is 4.15. The molecular weight excluding hydrogens is 388 g/mol. The van der Waals surface area contributed by atoms with Gasteiger partial charge in [0.1, 0.15) is 0 Å². The third-order valence-corrected chi connectivity index (χ3v) is 14.6. The van der Waals surface area contributed by atoms with E-state index in [4.69, 9.17) is 0 Å². The normalized spacial score (nSPS) is 17.3. The molecule has 0 fully saturated rings. The van der Waals surface area contributed by atoms with Crippen LogP contribution in [0.2, 0.25) is 18.6 Å². The summed E-state index contributed by atoms with van der Waals surface area (Å²) in [6.07, 6.45) is 0. The molecule has 6 heteroatoms. The van der Waals surface area contributed by atoms with Crippen LogP contribution in [0.3, 0.4) is 0 Å². The summed E-state index contributed by atoms with van der Waals surface area (Å²) in [5.74, 6) is 0. The monoisotopic (exact) mass is 444 g/mol. The van der Waals surface area contributed by atoms with Crippen molar-refractivity contribution in [2.45, 2.75) is 151 Å². The molecule has 4 nitrogen and oxygen atoms in total. The van der Waals surface area contributed by atoms with Gasteiger partial charge < -0.3 is 19.1 Å². The number of rotatable bonds is 11. The van der Waals surface area contributed by atoms with Crippen molar-refractivity contribution in [3.63, 3.8) is 0 Å². The Kier molecular flexibility index (Phi) is 11.3. The lowest BCUT2D eigenvalue weighted by Crippen LogP contribution is -2.70. The van der Waals surface area contributed by atoms with Gasteiger partial charge in [0, 0.05) is 11.1 Å². The number of nitrogens with zero attached hydrogens (tertiary/aromatic N) is 2. The van der Waals surface area contributed by atoms with E-state index < -0.39 is 17.5 Å². The summed E-state index contributed by atoms with van der Waals surface area (Å²) in [5, 5.41) is 0. The van der Waals surface area contributed by atoms with E-state index in [-0.39, 0.29) is 11.1 Å². The standard InChI is InChI=1S/C23H56N4Si2/c1-18(2)26(19(3)4)28(24-22(9,10)11)16-17-29(15,25-23(12,13)14)27(20(5)6)21(7)8/h18-21,24-25,28H,16-17H2,1-15H3. The Labute approximate surface area is 187 Å². The molecule has 0 saturated heterocycles. The molecule has 0 aromatic heterocycles. The number of hydrogen-bond donors (Lipinski definition) is 2. The lowest BCUT2D eigenvalue weighted by molar-refractivity contribution is 0.274. The third-order valence-electron chi connectivity index (χ3n) is 5.38. The first-order valence-corrected chi connectivity index (χ1v) is 16.5. The minimum atomic E-state index is -1.84. The molecule has 0 amide bonds. The van der Waals surface area contributed by atoms with Gasteiger partial charge in [-0.2, -0.15) is 0 Å². The molecule has 176 valence electrons. The second kappa shape index (κ2) is 11.2. The van der Waals surface area contributed by atoms with Gasteiger partial charge in [-0.25, -0.2) is 0 Å². The molecule has 0 heterocycles. The Hall–Kier alpha value is 0.274. The van der Waals surface area contributed by atoms with Gasteiger partial charge in [-0.3, -0.25) is 0 Å². The Morgan fingerprint density at radius 2 is 1.14 bits per heavy atom. The zero-order valence-corrected chi connectivity index (χ0v) is 24.9.